The number of pyridine rings is 1. The molecule has 0 fully saturated rings. The summed E-state index contributed by atoms with van der Waals surface area (Å²) in [6, 6.07) is 9.59. The molecule has 0 aliphatic carbocycles. The number of aromatic nitrogens is 1. The Balaban J connectivity index is 1.62. The monoisotopic (exact) mass is 341 g/mol. The Morgan fingerprint density at radius 1 is 1.20 bits per heavy atom. The molecule has 1 aromatic carbocycles. The molecule has 3 N–H and O–H groups in total. The Kier molecular flexibility index (Phi) is 5.23. The van der Waals surface area contributed by atoms with Crippen LogP contribution in [0.3, 0.4) is 0 Å². The molecule has 3 rings (SSSR count). The number of benzene rings is 1. The molecule has 7 nitrogen and oxygen atoms in total. The zero-order chi connectivity index (χ0) is 17.6. The molecular formula is C18H23N5O2. The average molecular weight is 341 g/mol. The van der Waals surface area contributed by atoms with Gasteiger partial charge in [0.15, 0.2) is 17.5 Å². The third kappa shape index (κ3) is 4.53. The van der Waals surface area contributed by atoms with Crippen molar-refractivity contribution in [2.45, 2.75) is 13.0 Å². The first-order valence-electron chi connectivity index (χ1n) is 8.20. The summed E-state index contributed by atoms with van der Waals surface area (Å²) in [6.45, 7) is 1.78. The minimum Gasteiger partial charge on any atom is -0.490 e. The van der Waals surface area contributed by atoms with Crippen LogP contribution in [0, 0.1) is 0 Å². The summed E-state index contributed by atoms with van der Waals surface area (Å²) in [5.74, 6) is 2.72. The van der Waals surface area contributed by atoms with Crippen LogP contribution in [0.25, 0.3) is 0 Å². The lowest BCUT2D eigenvalue weighted by Gasteiger charge is -2.11. The number of hydrogen-bond donors (Lipinski definition) is 2. The van der Waals surface area contributed by atoms with Crippen molar-refractivity contribution in [3.8, 4) is 11.5 Å². The highest BCUT2D eigenvalue weighted by Gasteiger charge is 2.10. The lowest BCUT2D eigenvalue weighted by molar-refractivity contribution is 0.297. The summed E-state index contributed by atoms with van der Waals surface area (Å²) in [7, 11) is 3.91. The molecule has 0 spiro atoms. The maximum atomic E-state index is 5.98. The van der Waals surface area contributed by atoms with Gasteiger partial charge in [-0.2, -0.15) is 0 Å². The number of aliphatic imine (C=N–C) groups is 1. The number of nitrogens with two attached hydrogens (primary N) is 1. The number of rotatable bonds is 4. The van der Waals surface area contributed by atoms with E-state index in [1.54, 1.807) is 6.20 Å². The molecule has 2 aromatic rings. The summed E-state index contributed by atoms with van der Waals surface area (Å²) in [4.78, 5) is 10.7. The van der Waals surface area contributed by atoms with Gasteiger partial charge in [-0.1, -0.05) is 6.07 Å². The van der Waals surface area contributed by atoms with Gasteiger partial charge in [-0.3, -0.25) is 0 Å². The van der Waals surface area contributed by atoms with Crippen LogP contribution in [0.1, 0.15) is 12.0 Å². The molecule has 0 bridgehead atoms. The topological polar surface area (TPSA) is 85.0 Å². The third-order valence-electron chi connectivity index (χ3n) is 3.72. The molecule has 0 saturated carbocycles. The van der Waals surface area contributed by atoms with Gasteiger partial charge in [0, 0.05) is 38.5 Å². The maximum Gasteiger partial charge on any atom is 0.193 e. The summed E-state index contributed by atoms with van der Waals surface area (Å²) < 4.78 is 11.3. The molecule has 25 heavy (non-hydrogen) atoms. The van der Waals surface area contributed by atoms with Crippen molar-refractivity contribution in [3.63, 3.8) is 0 Å². The van der Waals surface area contributed by atoms with E-state index in [2.05, 4.69) is 15.3 Å². The van der Waals surface area contributed by atoms with Crippen molar-refractivity contribution in [2.75, 3.05) is 37.5 Å². The van der Waals surface area contributed by atoms with E-state index < -0.39 is 0 Å². The molecular weight excluding hydrogens is 318 g/mol. The minimum absolute atomic E-state index is 0.339. The van der Waals surface area contributed by atoms with Crippen LogP contribution < -0.4 is 25.4 Å². The highest BCUT2D eigenvalue weighted by Crippen LogP contribution is 2.32. The fourth-order valence-corrected chi connectivity index (χ4v) is 2.38. The summed E-state index contributed by atoms with van der Waals surface area (Å²) in [5.41, 5.74) is 7.78. The van der Waals surface area contributed by atoms with Crippen LogP contribution in [0.2, 0.25) is 0 Å². The largest absolute Gasteiger partial charge is 0.490 e. The molecule has 2 heterocycles. The van der Waals surface area contributed by atoms with E-state index in [4.69, 9.17) is 15.2 Å². The molecule has 132 valence electrons. The second-order valence-electron chi connectivity index (χ2n) is 5.96. The van der Waals surface area contributed by atoms with Crippen molar-refractivity contribution in [1.82, 2.24) is 4.98 Å². The van der Waals surface area contributed by atoms with Gasteiger partial charge in [-0.25, -0.2) is 9.98 Å². The van der Waals surface area contributed by atoms with Gasteiger partial charge in [0.2, 0.25) is 0 Å². The molecule has 0 atom stereocenters. The number of guanidine groups is 1. The number of ether oxygens (including phenoxy) is 2. The van der Waals surface area contributed by atoms with Crippen LogP contribution >= 0.6 is 0 Å². The number of anilines is 2. The van der Waals surface area contributed by atoms with Crippen molar-refractivity contribution >= 4 is 17.5 Å². The third-order valence-corrected chi connectivity index (χ3v) is 3.72. The number of nitrogens with zero attached hydrogens (tertiary/aromatic N) is 3. The van der Waals surface area contributed by atoms with Crippen LogP contribution in [0.4, 0.5) is 11.5 Å². The Hall–Kier alpha value is -2.96. The van der Waals surface area contributed by atoms with E-state index in [0.29, 0.717) is 25.7 Å². The summed E-state index contributed by atoms with van der Waals surface area (Å²) >= 11 is 0. The number of nitrogens with one attached hydrogen (secondary N) is 1. The van der Waals surface area contributed by atoms with E-state index in [1.165, 1.54) is 0 Å². The van der Waals surface area contributed by atoms with Crippen molar-refractivity contribution < 1.29 is 9.47 Å². The second kappa shape index (κ2) is 7.74. The van der Waals surface area contributed by atoms with E-state index in [0.717, 1.165) is 35.0 Å². The van der Waals surface area contributed by atoms with Gasteiger partial charge in [0.05, 0.1) is 19.8 Å². The normalized spacial score (nSPS) is 13.9. The van der Waals surface area contributed by atoms with E-state index >= 15 is 0 Å². The fourth-order valence-electron chi connectivity index (χ4n) is 2.38. The fraction of sp³-hybridized carbons (Fsp3) is 0.333. The van der Waals surface area contributed by atoms with Crippen molar-refractivity contribution in [3.05, 3.63) is 42.1 Å². The molecule has 0 saturated heterocycles. The van der Waals surface area contributed by atoms with Gasteiger partial charge in [-0.15, -0.1) is 0 Å². The first kappa shape index (κ1) is 16.9. The van der Waals surface area contributed by atoms with Gasteiger partial charge >= 0.3 is 0 Å². The van der Waals surface area contributed by atoms with Crippen LogP contribution in [-0.4, -0.2) is 38.3 Å². The Bertz CT molecular complexity index is 744. The highest BCUT2D eigenvalue weighted by atomic mass is 16.5. The second-order valence-corrected chi connectivity index (χ2v) is 5.96. The molecule has 1 aliphatic heterocycles. The molecule has 1 aromatic heterocycles. The Labute approximate surface area is 147 Å². The smallest absolute Gasteiger partial charge is 0.193 e. The Morgan fingerprint density at radius 2 is 2.00 bits per heavy atom. The van der Waals surface area contributed by atoms with Gasteiger partial charge in [0.1, 0.15) is 5.82 Å². The van der Waals surface area contributed by atoms with Crippen LogP contribution in [-0.2, 0) is 6.54 Å². The minimum atomic E-state index is 0.339. The SMILES string of the molecule is CN(C)c1ccc(CN=C(N)Nc2ccc3c(c2)OCCCO3)cn1. The predicted molar refractivity (Wildman–Crippen MR) is 99.6 cm³/mol. The van der Waals surface area contributed by atoms with Crippen LogP contribution in [0.15, 0.2) is 41.5 Å². The lowest BCUT2D eigenvalue weighted by atomic mass is 10.2. The van der Waals surface area contributed by atoms with E-state index in [9.17, 15) is 0 Å². The molecule has 0 amide bonds. The first-order valence-corrected chi connectivity index (χ1v) is 8.20. The quantitative estimate of drug-likeness (QED) is 0.655. The standard InChI is InChI=1S/C18H23N5O2/c1-23(2)17-7-4-13(11-20-17)12-21-18(19)22-14-5-6-15-16(10-14)25-9-3-8-24-15/h4-7,10-11H,3,8-9,12H2,1-2H3,(H3,19,21,22). The van der Waals surface area contributed by atoms with E-state index in [-0.39, 0.29) is 0 Å². The molecule has 1 aliphatic rings. The van der Waals surface area contributed by atoms with Crippen LogP contribution in [0.5, 0.6) is 11.5 Å². The highest BCUT2D eigenvalue weighted by molar-refractivity contribution is 5.92. The van der Waals surface area contributed by atoms with Crippen molar-refractivity contribution in [1.29, 1.82) is 0 Å². The van der Waals surface area contributed by atoms with Gasteiger partial charge in [0.25, 0.3) is 0 Å². The summed E-state index contributed by atoms with van der Waals surface area (Å²) in [6.07, 6.45) is 2.68. The zero-order valence-corrected chi connectivity index (χ0v) is 14.5. The molecule has 7 heteroatoms. The number of hydrogen-bond acceptors (Lipinski definition) is 5. The summed E-state index contributed by atoms with van der Waals surface area (Å²) in [5, 5.41) is 3.08. The van der Waals surface area contributed by atoms with Gasteiger partial charge < -0.3 is 25.4 Å². The zero-order valence-electron chi connectivity index (χ0n) is 14.5. The van der Waals surface area contributed by atoms with Gasteiger partial charge in [-0.05, 0) is 23.8 Å². The molecule has 0 unspecified atom stereocenters. The maximum absolute atomic E-state index is 5.98. The first-order chi connectivity index (χ1) is 12.1. The number of fused-ring (bicyclic) bond motifs is 1. The van der Waals surface area contributed by atoms with Crippen molar-refractivity contribution in [2.24, 2.45) is 10.7 Å². The predicted octanol–water partition coefficient (Wildman–Crippen LogP) is 2.24. The Morgan fingerprint density at radius 3 is 2.72 bits per heavy atom. The average Bonchev–Trinajstić information content (AvgIpc) is 2.85. The molecule has 0 radical (unpaired) electrons. The lowest BCUT2D eigenvalue weighted by Crippen LogP contribution is -2.22. The van der Waals surface area contributed by atoms with E-state index in [1.807, 2.05) is 49.3 Å².